The van der Waals surface area contributed by atoms with E-state index >= 15 is 0 Å². The van der Waals surface area contributed by atoms with Crippen LogP contribution in [0.4, 0.5) is 16.2 Å². The van der Waals surface area contributed by atoms with Crippen molar-refractivity contribution in [3.8, 4) is 0 Å². The number of nitrogens with one attached hydrogen (secondary N) is 2. The van der Waals surface area contributed by atoms with Gasteiger partial charge in [-0.2, -0.15) is 0 Å². The van der Waals surface area contributed by atoms with E-state index in [9.17, 15) is 9.59 Å². The molecule has 3 N–H and O–H groups in total. The third kappa shape index (κ3) is 3.73. The van der Waals surface area contributed by atoms with E-state index < -0.39 is 12.0 Å². The summed E-state index contributed by atoms with van der Waals surface area (Å²) < 4.78 is 0. The maximum Gasteiger partial charge on any atom is 0.339 e. The fourth-order valence-corrected chi connectivity index (χ4v) is 2.11. The smallest absolute Gasteiger partial charge is 0.339 e. The average Bonchev–Trinajstić information content (AvgIpc) is 2.37. The highest BCUT2D eigenvalue weighted by atomic mass is 35.5. The molecule has 0 atom stereocenters. The molecule has 0 spiro atoms. The van der Waals surface area contributed by atoms with Gasteiger partial charge in [0.25, 0.3) is 0 Å². The van der Waals surface area contributed by atoms with Crippen LogP contribution in [0.5, 0.6) is 0 Å². The van der Waals surface area contributed by atoms with Crippen molar-refractivity contribution in [1.82, 2.24) is 0 Å². The molecule has 0 radical (unpaired) electrons. The number of hydrogen-bond donors (Lipinski definition) is 3. The van der Waals surface area contributed by atoms with Crippen molar-refractivity contribution in [2.24, 2.45) is 0 Å². The topological polar surface area (TPSA) is 78.4 Å². The Balaban J connectivity index is 2.17. The highest BCUT2D eigenvalue weighted by Crippen LogP contribution is 2.24. The number of rotatable bonds is 3. The van der Waals surface area contributed by atoms with E-state index in [1.165, 1.54) is 12.1 Å². The van der Waals surface area contributed by atoms with Crippen molar-refractivity contribution in [2.45, 2.75) is 6.92 Å². The zero-order valence-electron chi connectivity index (χ0n) is 11.2. The third-order valence-electron chi connectivity index (χ3n) is 2.75. The third-order valence-corrected chi connectivity index (χ3v) is 3.07. The molecule has 0 aliphatic rings. The molecular formula is C15H13ClN2O3. The zero-order valence-corrected chi connectivity index (χ0v) is 11.9. The number of anilines is 2. The molecule has 6 heteroatoms. The monoisotopic (exact) mass is 304 g/mol. The molecule has 0 unspecified atom stereocenters. The molecule has 0 bridgehead atoms. The molecule has 0 aromatic heterocycles. The summed E-state index contributed by atoms with van der Waals surface area (Å²) >= 11 is 5.84. The number of carbonyl (C=O) groups excluding carboxylic acids is 1. The van der Waals surface area contributed by atoms with Crippen LogP contribution >= 0.6 is 11.6 Å². The second-order valence-electron chi connectivity index (χ2n) is 4.42. The number of aromatic carboxylic acids is 1. The van der Waals surface area contributed by atoms with Gasteiger partial charge >= 0.3 is 12.0 Å². The summed E-state index contributed by atoms with van der Waals surface area (Å²) in [6, 6.07) is 11.2. The van der Waals surface area contributed by atoms with Crippen molar-refractivity contribution in [3.63, 3.8) is 0 Å². The van der Waals surface area contributed by atoms with Crippen LogP contribution in [0.1, 0.15) is 15.9 Å². The van der Waals surface area contributed by atoms with Crippen LogP contribution in [-0.2, 0) is 0 Å². The van der Waals surface area contributed by atoms with Gasteiger partial charge in [0.05, 0.1) is 10.7 Å². The van der Waals surface area contributed by atoms with E-state index in [-0.39, 0.29) is 16.3 Å². The van der Waals surface area contributed by atoms with E-state index in [1.54, 1.807) is 18.2 Å². The number of amides is 2. The van der Waals surface area contributed by atoms with Crippen LogP contribution in [0, 0.1) is 6.92 Å². The fourth-order valence-electron chi connectivity index (χ4n) is 1.85. The van der Waals surface area contributed by atoms with Gasteiger partial charge in [0.15, 0.2) is 0 Å². The minimum atomic E-state index is -1.20. The molecule has 0 aliphatic heterocycles. The lowest BCUT2D eigenvalue weighted by atomic mass is 10.2. The first kappa shape index (κ1) is 14.9. The number of aryl methyl sites for hydroxylation is 1. The Hall–Kier alpha value is -2.53. The Morgan fingerprint density at radius 3 is 2.48 bits per heavy atom. The molecule has 0 saturated carbocycles. The fraction of sp³-hybridized carbons (Fsp3) is 0.0667. The van der Waals surface area contributed by atoms with Gasteiger partial charge in [-0.3, -0.25) is 0 Å². The second-order valence-corrected chi connectivity index (χ2v) is 4.82. The standard InChI is InChI=1S/C15H13ClN2O3/c1-9-4-2-5-10(8-9)17-15(21)18-12-7-3-6-11(16)13(12)14(19)20/h2-8H,1H3,(H,19,20)(H2,17,18,21). The summed E-state index contributed by atoms with van der Waals surface area (Å²) in [5, 5.41) is 14.3. The molecule has 0 fully saturated rings. The Morgan fingerprint density at radius 2 is 1.81 bits per heavy atom. The van der Waals surface area contributed by atoms with Gasteiger partial charge < -0.3 is 15.7 Å². The van der Waals surface area contributed by atoms with Crippen molar-refractivity contribution in [1.29, 1.82) is 0 Å². The molecular weight excluding hydrogens is 292 g/mol. The molecule has 21 heavy (non-hydrogen) atoms. The van der Waals surface area contributed by atoms with E-state index in [4.69, 9.17) is 16.7 Å². The van der Waals surface area contributed by atoms with Gasteiger partial charge in [-0.15, -0.1) is 0 Å². The minimum absolute atomic E-state index is 0.0656. The number of urea groups is 1. The first-order valence-electron chi connectivity index (χ1n) is 6.14. The molecule has 0 saturated heterocycles. The lowest BCUT2D eigenvalue weighted by molar-refractivity contribution is 0.0698. The number of carboxylic acid groups (broad SMARTS) is 1. The lowest BCUT2D eigenvalue weighted by Crippen LogP contribution is -2.21. The van der Waals surface area contributed by atoms with E-state index in [0.29, 0.717) is 5.69 Å². The number of carbonyl (C=O) groups is 2. The molecule has 0 aliphatic carbocycles. The first-order valence-corrected chi connectivity index (χ1v) is 6.51. The van der Waals surface area contributed by atoms with Crippen LogP contribution in [0.2, 0.25) is 5.02 Å². The Kier molecular flexibility index (Phi) is 4.45. The molecule has 2 amide bonds. The Labute approximate surface area is 126 Å². The maximum atomic E-state index is 11.9. The minimum Gasteiger partial charge on any atom is -0.478 e. The van der Waals surface area contributed by atoms with E-state index in [1.807, 2.05) is 19.1 Å². The molecule has 2 rings (SSSR count). The summed E-state index contributed by atoms with van der Waals surface area (Å²) in [5.41, 5.74) is 1.62. The van der Waals surface area contributed by atoms with Crippen LogP contribution in [0.3, 0.4) is 0 Å². The van der Waals surface area contributed by atoms with Crippen LogP contribution in [0.25, 0.3) is 0 Å². The maximum absolute atomic E-state index is 11.9. The van der Waals surface area contributed by atoms with Crippen molar-refractivity contribution >= 4 is 35.0 Å². The number of benzene rings is 2. The van der Waals surface area contributed by atoms with Gasteiger partial charge in [0, 0.05) is 5.69 Å². The molecule has 5 nitrogen and oxygen atoms in total. The number of hydrogen-bond acceptors (Lipinski definition) is 2. The van der Waals surface area contributed by atoms with Gasteiger partial charge in [-0.25, -0.2) is 9.59 Å². The van der Waals surface area contributed by atoms with Crippen molar-refractivity contribution < 1.29 is 14.7 Å². The lowest BCUT2D eigenvalue weighted by Gasteiger charge is -2.11. The SMILES string of the molecule is Cc1cccc(NC(=O)Nc2cccc(Cl)c2C(=O)O)c1. The number of carboxylic acids is 1. The highest BCUT2D eigenvalue weighted by Gasteiger charge is 2.16. The van der Waals surface area contributed by atoms with Gasteiger partial charge in [0.2, 0.25) is 0 Å². The Morgan fingerprint density at radius 1 is 1.10 bits per heavy atom. The second kappa shape index (κ2) is 6.28. The van der Waals surface area contributed by atoms with Gasteiger partial charge in [0.1, 0.15) is 5.56 Å². The van der Waals surface area contributed by atoms with E-state index in [0.717, 1.165) is 5.56 Å². The van der Waals surface area contributed by atoms with Crippen LogP contribution in [0.15, 0.2) is 42.5 Å². The summed E-state index contributed by atoms with van der Waals surface area (Å²) in [4.78, 5) is 23.1. The Bertz CT molecular complexity index is 701. The average molecular weight is 305 g/mol. The van der Waals surface area contributed by atoms with Crippen LogP contribution < -0.4 is 10.6 Å². The highest BCUT2D eigenvalue weighted by molar-refractivity contribution is 6.34. The molecule has 108 valence electrons. The summed E-state index contributed by atoms with van der Waals surface area (Å²) in [6.45, 7) is 1.91. The largest absolute Gasteiger partial charge is 0.478 e. The predicted octanol–water partition coefficient (Wildman–Crippen LogP) is 3.99. The molecule has 2 aromatic rings. The van der Waals surface area contributed by atoms with Crippen LogP contribution in [-0.4, -0.2) is 17.1 Å². The number of halogens is 1. The van der Waals surface area contributed by atoms with Crippen molar-refractivity contribution in [2.75, 3.05) is 10.6 Å². The zero-order chi connectivity index (χ0) is 15.4. The summed E-state index contributed by atoms with van der Waals surface area (Å²) in [5.74, 6) is -1.20. The first-order chi connectivity index (χ1) is 9.97. The normalized spacial score (nSPS) is 10.0. The quantitative estimate of drug-likeness (QED) is 0.802. The molecule has 0 heterocycles. The van der Waals surface area contributed by atoms with Gasteiger partial charge in [-0.1, -0.05) is 29.8 Å². The predicted molar refractivity (Wildman–Crippen MR) is 82.2 cm³/mol. The summed E-state index contributed by atoms with van der Waals surface area (Å²) in [7, 11) is 0. The summed E-state index contributed by atoms with van der Waals surface area (Å²) in [6.07, 6.45) is 0. The molecule has 2 aromatic carbocycles. The van der Waals surface area contributed by atoms with E-state index in [2.05, 4.69) is 10.6 Å². The van der Waals surface area contributed by atoms with Crippen molar-refractivity contribution in [3.05, 3.63) is 58.6 Å². The van der Waals surface area contributed by atoms with Gasteiger partial charge in [-0.05, 0) is 36.8 Å².